The smallest absolute Gasteiger partial charge is 0.275 e. The Labute approximate surface area is 237 Å². The molecule has 4 atom stereocenters. The van der Waals surface area contributed by atoms with E-state index in [1.807, 2.05) is 0 Å². The number of nitrogens with zero attached hydrogens (tertiary/aromatic N) is 7. The van der Waals surface area contributed by atoms with Crippen LogP contribution in [0.5, 0.6) is 0 Å². The highest BCUT2D eigenvalue weighted by Crippen LogP contribution is 2.51. The first kappa shape index (κ1) is 27.1. The molecule has 1 amide bonds. The number of piperidine rings is 1. The van der Waals surface area contributed by atoms with E-state index in [0.29, 0.717) is 30.0 Å². The molecule has 0 spiro atoms. The lowest BCUT2D eigenvalue weighted by Crippen LogP contribution is -2.41. The zero-order chi connectivity index (χ0) is 28.8. The second kappa shape index (κ2) is 10.7. The summed E-state index contributed by atoms with van der Waals surface area (Å²) in [6, 6.07) is 2.07. The molecule has 1 saturated carbocycles. The zero-order valence-electron chi connectivity index (χ0n) is 21.6. The van der Waals surface area contributed by atoms with Crippen molar-refractivity contribution in [1.82, 2.24) is 29.7 Å². The topological polar surface area (TPSA) is 122 Å². The summed E-state index contributed by atoms with van der Waals surface area (Å²) in [6.45, 7) is 2.98. The third kappa shape index (κ3) is 5.34. The molecule has 2 aliphatic rings. The number of alkyl halides is 2. The number of aliphatic hydroxyl groups is 1. The second-order valence-corrected chi connectivity index (χ2v) is 10.6. The van der Waals surface area contributed by atoms with Crippen LogP contribution in [0.25, 0.3) is 11.3 Å². The number of nitrogens with one attached hydrogen (secondary N) is 1. The Balaban J connectivity index is 1.13. The minimum absolute atomic E-state index is 0.0318. The summed E-state index contributed by atoms with van der Waals surface area (Å²) in [6.07, 6.45) is 6.33. The Kier molecular flexibility index (Phi) is 7.08. The quantitative estimate of drug-likeness (QED) is 0.313. The molecule has 0 unspecified atom stereocenters. The first-order chi connectivity index (χ1) is 19.7. The summed E-state index contributed by atoms with van der Waals surface area (Å²) in [4.78, 5) is 31.8. The minimum Gasteiger partial charge on any atom is -0.391 e. The van der Waals surface area contributed by atoms with Crippen LogP contribution in [0.2, 0.25) is 5.02 Å². The van der Waals surface area contributed by atoms with Crippen molar-refractivity contribution in [3.8, 4) is 11.3 Å². The Morgan fingerprint density at radius 1 is 1.20 bits per heavy atom. The van der Waals surface area contributed by atoms with Gasteiger partial charge in [0.05, 0.1) is 53.7 Å². The lowest BCUT2D eigenvalue weighted by Gasteiger charge is -2.29. The van der Waals surface area contributed by atoms with E-state index in [-0.39, 0.29) is 22.5 Å². The molecule has 14 heteroatoms. The van der Waals surface area contributed by atoms with Crippen molar-refractivity contribution in [2.75, 3.05) is 16.8 Å². The molecule has 212 valence electrons. The third-order valence-electron chi connectivity index (χ3n) is 7.37. The predicted molar refractivity (Wildman–Crippen MR) is 143 cm³/mol. The Bertz CT molecular complexity index is 1600. The van der Waals surface area contributed by atoms with Gasteiger partial charge in [-0.25, -0.2) is 28.1 Å². The van der Waals surface area contributed by atoms with Gasteiger partial charge in [-0.15, -0.1) is 0 Å². The van der Waals surface area contributed by atoms with E-state index in [9.17, 15) is 23.1 Å². The highest BCUT2D eigenvalue weighted by molar-refractivity contribution is 6.31. The van der Waals surface area contributed by atoms with Crippen molar-refractivity contribution >= 4 is 29.1 Å². The molecule has 4 heterocycles. The van der Waals surface area contributed by atoms with Crippen LogP contribution in [0.15, 0.2) is 49.3 Å². The van der Waals surface area contributed by atoms with Crippen LogP contribution in [0, 0.1) is 17.7 Å². The Hall–Kier alpha value is -4.10. The van der Waals surface area contributed by atoms with Gasteiger partial charge in [0.15, 0.2) is 5.82 Å². The van der Waals surface area contributed by atoms with Crippen molar-refractivity contribution in [3.05, 3.63) is 77.0 Å². The lowest BCUT2D eigenvalue weighted by molar-refractivity contribution is 0.102. The Morgan fingerprint density at radius 3 is 2.71 bits per heavy atom. The normalized spacial score (nSPS) is 20.3. The summed E-state index contributed by atoms with van der Waals surface area (Å²) in [5.74, 6) is -0.0880. The number of hydrogen-bond donors (Lipinski definition) is 2. The summed E-state index contributed by atoms with van der Waals surface area (Å²) in [5, 5.41) is 16.7. The van der Waals surface area contributed by atoms with Crippen LogP contribution in [-0.4, -0.2) is 59.4 Å². The molecule has 0 bridgehead atoms. The highest BCUT2D eigenvalue weighted by atomic mass is 35.5. The van der Waals surface area contributed by atoms with Gasteiger partial charge in [-0.3, -0.25) is 14.5 Å². The number of aliphatic hydroxyl groups excluding tert-OH is 1. The van der Waals surface area contributed by atoms with Crippen molar-refractivity contribution < 1.29 is 23.1 Å². The molecular formula is C27H24ClF3N8O2. The summed E-state index contributed by atoms with van der Waals surface area (Å²) >= 11 is 5.80. The van der Waals surface area contributed by atoms with Gasteiger partial charge in [0.1, 0.15) is 5.69 Å². The van der Waals surface area contributed by atoms with Crippen molar-refractivity contribution in [2.24, 2.45) is 11.8 Å². The second-order valence-electron chi connectivity index (χ2n) is 10.2. The fraction of sp³-hybridized carbons (Fsp3) is 0.333. The minimum atomic E-state index is -2.99. The van der Waals surface area contributed by atoms with E-state index in [1.54, 1.807) is 30.2 Å². The molecule has 1 aliphatic heterocycles. The van der Waals surface area contributed by atoms with Crippen LogP contribution >= 0.6 is 11.6 Å². The molecule has 41 heavy (non-hydrogen) atoms. The number of carbonyl (C=O) groups excluding carboxylic acids is 1. The maximum atomic E-state index is 14.7. The standard InChI is InChI=1S/C27H24ClF3N8O2/c1-13(40)24-18-4-15(18)11-39(24)27-33-5-14(6-34-27)10-38-12-16(7-35-38)36-26(41)21-9-32-8-20(37-21)22-17(25(30)31)2-3-19(28)23(22)29/h2-3,5-9,12-13,15,18,24-25,40H,4,10-11H2,1H3,(H,36,41)/t13-,15-,18-,24-/m0/s1. The molecule has 1 aromatic carbocycles. The van der Waals surface area contributed by atoms with E-state index < -0.39 is 35.4 Å². The molecule has 6 rings (SSSR count). The Morgan fingerprint density at radius 2 is 1.98 bits per heavy atom. The summed E-state index contributed by atoms with van der Waals surface area (Å²) in [5.41, 5.74) is -0.468. The molecule has 10 nitrogen and oxygen atoms in total. The number of rotatable bonds is 8. The molecular weight excluding hydrogens is 561 g/mol. The lowest BCUT2D eigenvalue weighted by atomic mass is 10.0. The van der Waals surface area contributed by atoms with Gasteiger partial charge in [-0.2, -0.15) is 5.10 Å². The van der Waals surface area contributed by atoms with Crippen LogP contribution in [0.4, 0.5) is 24.8 Å². The van der Waals surface area contributed by atoms with Crippen molar-refractivity contribution in [2.45, 2.75) is 38.5 Å². The van der Waals surface area contributed by atoms with Crippen LogP contribution in [0.3, 0.4) is 0 Å². The van der Waals surface area contributed by atoms with Gasteiger partial charge < -0.3 is 15.3 Å². The SMILES string of the molecule is C[C@H](O)[C@H]1[C@H]2C[C@H]2CN1c1ncc(Cn2cc(NC(=O)c3cncc(-c4c(C(F)F)ccc(Cl)c4F)n3)cn2)cn1. The molecule has 1 aliphatic carbocycles. The van der Waals surface area contributed by atoms with Gasteiger partial charge in [-0.05, 0) is 31.2 Å². The van der Waals surface area contributed by atoms with E-state index >= 15 is 0 Å². The van der Waals surface area contributed by atoms with Gasteiger partial charge >= 0.3 is 0 Å². The van der Waals surface area contributed by atoms with Gasteiger partial charge in [0, 0.05) is 41.8 Å². The highest BCUT2D eigenvalue weighted by Gasteiger charge is 2.54. The fourth-order valence-electron chi connectivity index (χ4n) is 5.42. The zero-order valence-corrected chi connectivity index (χ0v) is 22.4. The number of fused-ring (bicyclic) bond motifs is 1. The number of amides is 1. The molecule has 3 aromatic heterocycles. The van der Waals surface area contributed by atoms with Crippen LogP contribution < -0.4 is 10.2 Å². The van der Waals surface area contributed by atoms with Gasteiger partial charge in [-0.1, -0.05) is 17.7 Å². The van der Waals surface area contributed by atoms with E-state index in [0.717, 1.165) is 43.1 Å². The maximum absolute atomic E-state index is 14.7. The largest absolute Gasteiger partial charge is 0.391 e. The molecule has 4 aromatic rings. The van der Waals surface area contributed by atoms with Crippen LogP contribution in [0.1, 0.15) is 41.4 Å². The molecule has 0 radical (unpaired) electrons. The average molecular weight is 585 g/mol. The van der Waals surface area contributed by atoms with Crippen LogP contribution in [-0.2, 0) is 6.54 Å². The van der Waals surface area contributed by atoms with E-state index in [1.165, 1.54) is 6.20 Å². The summed E-state index contributed by atoms with van der Waals surface area (Å²) < 4.78 is 43.3. The van der Waals surface area contributed by atoms with E-state index in [2.05, 4.69) is 35.3 Å². The fourth-order valence-corrected chi connectivity index (χ4v) is 5.57. The molecule has 1 saturated heterocycles. The first-order valence-corrected chi connectivity index (χ1v) is 13.2. The number of halogens is 4. The summed E-state index contributed by atoms with van der Waals surface area (Å²) in [7, 11) is 0. The van der Waals surface area contributed by atoms with Crippen molar-refractivity contribution in [1.29, 1.82) is 0 Å². The van der Waals surface area contributed by atoms with Gasteiger partial charge in [0.2, 0.25) is 5.95 Å². The maximum Gasteiger partial charge on any atom is 0.275 e. The molecule has 2 fully saturated rings. The predicted octanol–water partition coefficient (Wildman–Crippen LogP) is 4.37. The van der Waals surface area contributed by atoms with Crippen molar-refractivity contribution in [3.63, 3.8) is 0 Å². The number of benzene rings is 1. The number of carbonyl (C=O) groups is 1. The number of anilines is 2. The van der Waals surface area contributed by atoms with E-state index in [4.69, 9.17) is 11.6 Å². The monoisotopic (exact) mass is 584 g/mol. The number of aromatic nitrogens is 6. The average Bonchev–Trinajstić information content (AvgIpc) is 3.38. The molecule has 2 N–H and O–H groups in total. The van der Waals surface area contributed by atoms with Gasteiger partial charge in [0.25, 0.3) is 12.3 Å². The first-order valence-electron chi connectivity index (χ1n) is 12.9. The third-order valence-corrected chi connectivity index (χ3v) is 7.66. The number of hydrogen-bond acceptors (Lipinski definition) is 8.